The summed E-state index contributed by atoms with van der Waals surface area (Å²) >= 11 is 0. The van der Waals surface area contributed by atoms with Crippen molar-refractivity contribution in [3.8, 4) is 0 Å². The molecule has 2 fully saturated rings. The lowest BCUT2D eigenvalue weighted by molar-refractivity contribution is -0.150. The number of fused-ring (bicyclic) bond motifs is 2. The van der Waals surface area contributed by atoms with E-state index in [0.29, 0.717) is 12.6 Å². The number of piperidine rings is 1. The van der Waals surface area contributed by atoms with E-state index >= 15 is 0 Å². The Balaban J connectivity index is 1.87. The van der Waals surface area contributed by atoms with Crippen LogP contribution in [0.15, 0.2) is 36.4 Å². The van der Waals surface area contributed by atoms with Crippen LogP contribution in [-0.2, 0) is 9.53 Å². The number of carbonyl (C=O) groups is 1. The average molecular weight is 334 g/mol. The van der Waals surface area contributed by atoms with Crippen molar-refractivity contribution < 1.29 is 18.3 Å². The number of halogens is 2. The second-order valence-corrected chi connectivity index (χ2v) is 6.56. The molecule has 4 atom stereocenters. The van der Waals surface area contributed by atoms with Crippen LogP contribution in [0.3, 0.4) is 0 Å². The summed E-state index contributed by atoms with van der Waals surface area (Å²) in [7, 11) is 1.42. The number of allylic oxidation sites excluding steroid dienone is 1. The van der Waals surface area contributed by atoms with E-state index in [1.807, 2.05) is 6.08 Å². The summed E-state index contributed by atoms with van der Waals surface area (Å²) in [5, 5.41) is 0. The zero-order valence-electron chi connectivity index (χ0n) is 13.8. The van der Waals surface area contributed by atoms with Crippen LogP contribution in [0.1, 0.15) is 30.7 Å². The first-order valence-corrected chi connectivity index (χ1v) is 8.45. The summed E-state index contributed by atoms with van der Waals surface area (Å²) in [5.74, 6) is -0.714. The Morgan fingerprint density at radius 1 is 1.29 bits per heavy atom. The van der Waals surface area contributed by atoms with E-state index < -0.39 is 6.67 Å². The monoisotopic (exact) mass is 334 g/mol. The van der Waals surface area contributed by atoms with Gasteiger partial charge in [0.25, 0.3) is 0 Å². The smallest absolute Gasteiger partial charge is 0.310 e. The highest BCUT2D eigenvalue weighted by atomic mass is 19.1. The van der Waals surface area contributed by atoms with E-state index in [1.54, 1.807) is 12.1 Å². The Kier molecular flexibility index (Phi) is 5.29. The van der Waals surface area contributed by atoms with Gasteiger partial charge in [-0.1, -0.05) is 24.3 Å². The molecule has 24 heavy (non-hydrogen) atoms. The molecule has 2 saturated heterocycles. The van der Waals surface area contributed by atoms with Gasteiger partial charge in [0, 0.05) is 24.5 Å². The predicted octanol–water partition coefficient (Wildman–Crippen LogP) is 3.46. The molecule has 2 bridgehead atoms. The van der Waals surface area contributed by atoms with E-state index in [-0.39, 0.29) is 29.7 Å². The molecule has 0 radical (unpaired) electrons. The summed E-state index contributed by atoms with van der Waals surface area (Å²) in [4.78, 5) is 14.8. The van der Waals surface area contributed by atoms with Crippen LogP contribution in [0.25, 0.3) is 0 Å². The molecule has 0 saturated carbocycles. The Bertz CT molecular complexity index is 602. The molecule has 0 amide bonds. The van der Waals surface area contributed by atoms with Crippen molar-refractivity contribution in [1.82, 2.24) is 4.90 Å². The molecule has 2 unspecified atom stereocenters. The van der Waals surface area contributed by atoms with E-state index in [1.165, 1.54) is 25.3 Å². The van der Waals surface area contributed by atoms with Gasteiger partial charge >= 0.3 is 5.97 Å². The van der Waals surface area contributed by atoms with Crippen molar-refractivity contribution in [3.05, 3.63) is 47.8 Å². The number of alkyl halides is 1. The zero-order chi connectivity index (χ0) is 17.1. The Labute approximate surface area is 141 Å². The van der Waals surface area contributed by atoms with Gasteiger partial charge in [-0.15, -0.1) is 0 Å². The molecular weight excluding hydrogens is 311 g/mol. The minimum Gasteiger partial charge on any atom is -0.469 e. The quantitative estimate of drug-likeness (QED) is 0.610. The van der Waals surface area contributed by atoms with Crippen molar-refractivity contribution >= 4 is 5.97 Å². The standard InChI is InChI=1S/C19H23F2NO2/c1-24-19(23)18-16(13-4-6-14(21)7-5-13)12-15-8-9-17(18)22(15)11-3-2-10-20/h2-7,15-18H,8-12H2,1H3/b3-2+/t15?,16-,17?,18+/m1/s1/i20-1. The normalized spacial score (nSPS) is 30.0. The van der Waals surface area contributed by atoms with Gasteiger partial charge in [0.15, 0.2) is 0 Å². The van der Waals surface area contributed by atoms with E-state index in [4.69, 9.17) is 4.74 Å². The third-order valence-corrected chi connectivity index (χ3v) is 5.41. The van der Waals surface area contributed by atoms with E-state index in [9.17, 15) is 13.6 Å². The molecule has 2 aliphatic heterocycles. The number of hydrogen-bond donors (Lipinski definition) is 0. The van der Waals surface area contributed by atoms with Crippen molar-refractivity contribution in [3.63, 3.8) is 0 Å². The van der Waals surface area contributed by atoms with Crippen LogP contribution in [-0.4, -0.2) is 43.3 Å². The van der Waals surface area contributed by atoms with Crippen molar-refractivity contribution in [2.24, 2.45) is 5.92 Å². The van der Waals surface area contributed by atoms with Gasteiger partial charge in [-0.05, 0) is 37.0 Å². The molecule has 0 spiro atoms. The van der Waals surface area contributed by atoms with Gasteiger partial charge in [-0.25, -0.2) is 8.78 Å². The third kappa shape index (κ3) is 3.22. The SMILES string of the molecule is COC(=O)[C@@H]1C2CCC(C[C@@H]1c1ccc(F)cc1)N2C/C=C/C[18F]. The fraction of sp³-hybridized carbons (Fsp3) is 0.526. The van der Waals surface area contributed by atoms with Crippen LogP contribution in [0.5, 0.6) is 0 Å². The molecule has 3 rings (SSSR count). The lowest BCUT2D eigenvalue weighted by Gasteiger charge is -2.43. The van der Waals surface area contributed by atoms with Crippen molar-refractivity contribution in [2.45, 2.75) is 37.3 Å². The summed E-state index contributed by atoms with van der Waals surface area (Å²) in [6.45, 7) is 0.185. The second kappa shape index (κ2) is 7.43. The van der Waals surface area contributed by atoms with Gasteiger partial charge in [-0.3, -0.25) is 9.69 Å². The molecule has 0 N–H and O–H groups in total. The summed E-state index contributed by atoms with van der Waals surface area (Å²) < 4.78 is 30.6. The highest BCUT2D eigenvalue weighted by molar-refractivity contribution is 5.75. The first-order chi connectivity index (χ1) is 11.7. The van der Waals surface area contributed by atoms with Gasteiger partial charge in [0.2, 0.25) is 0 Å². The van der Waals surface area contributed by atoms with Crippen LogP contribution >= 0.6 is 0 Å². The van der Waals surface area contributed by atoms with Crippen LogP contribution < -0.4 is 0 Å². The van der Waals surface area contributed by atoms with Gasteiger partial charge in [0.05, 0.1) is 13.0 Å². The number of esters is 1. The average Bonchev–Trinajstić information content (AvgIpc) is 2.87. The van der Waals surface area contributed by atoms with E-state index in [2.05, 4.69) is 4.90 Å². The summed E-state index contributed by atoms with van der Waals surface area (Å²) in [5.41, 5.74) is 0.989. The lowest BCUT2D eigenvalue weighted by Crippen LogP contribution is -2.50. The number of carbonyl (C=O) groups excluding carboxylic acids is 1. The third-order valence-electron chi connectivity index (χ3n) is 5.41. The van der Waals surface area contributed by atoms with Crippen LogP contribution in [0, 0.1) is 11.7 Å². The van der Waals surface area contributed by atoms with E-state index in [0.717, 1.165) is 24.8 Å². The Morgan fingerprint density at radius 2 is 2.04 bits per heavy atom. The predicted molar refractivity (Wildman–Crippen MR) is 87.9 cm³/mol. The maximum absolute atomic E-state index is 13.2. The van der Waals surface area contributed by atoms with Crippen LogP contribution in [0.2, 0.25) is 0 Å². The number of benzene rings is 1. The molecule has 3 nitrogen and oxygen atoms in total. The first-order valence-electron chi connectivity index (χ1n) is 8.45. The van der Waals surface area contributed by atoms with Gasteiger partial charge in [0.1, 0.15) is 12.5 Å². The zero-order valence-corrected chi connectivity index (χ0v) is 13.8. The summed E-state index contributed by atoms with van der Waals surface area (Å²) in [6.07, 6.45) is 6.15. The number of methoxy groups -OCH3 is 1. The number of ether oxygens (including phenoxy) is 1. The van der Waals surface area contributed by atoms with Crippen LogP contribution in [0.4, 0.5) is 8.78 Å². The number of rotatable bonds is 5. The number of hydrogen-bond acceptors (Lipinski definition) is 3. The Morgan fingerprint density at radius 3 is 2.71 bits per heavy atom. The van der Waals surface area contributed by atoms with Gasteiger partial charge in [-0.2, -0.15) is 0 Å². The first kappa shape index (κ1) is 17.1. The maximum Gasteiger partial charge on any atom is 0.310 e. The molecule has 2 aliphatic rings. The largest absolute Gasteiger partial charge is 0.469 e. The fourth-order valence-corrected chi connectivity index (χ4v) is 4.37. The molecule has 2 heterocycles. The molecule has 1 aromatic rings. The molecular formula is C19H23F2NO2. The molecule has 1 aromatic carbocycles. The maximum atomic E-state index is 13.2. The molecule has 0 aliphatic carbocycles. The minimum absolute atomic E-state index is 0.0388. The second-order valence-electron chi connectivity index (χ2n) is 6.56. The molecule has 130 valence electrons. The molecule has 5 heteroatoms. The van der Waals surface area contributed by atoms with Crippen molar-refractivity contribution in [1.29, 1.82) is 0 Å². The highest BCUT2D eigenvalue weighted by Gasteiger charge is 2.50. The van der Waals surface area contributed by atoms with Gasteiger partial charge < -0.3 is 4.74 Å². The topological polar surface area (TPSA) is 29.5 Å². The lowest BCUT2D eigenvalue weighted by atomic mass is 9.76. The Hall–Kier alpha value is -1.75. The van der Waals surface area contributed by atoms with Crippen molar-refractivity contribution in [2.75, 3.05) is 20.3 Å². The molecule has 0 aromatic heterocycles. The minimum atomic E-state index is -0.470. The summed E-state index contributed by atoms with van der Waals surface area (Å²) in [6, 6.07) is 6.90. The number of nitrogens with zero attached hydrogens (tertiary/aromatic N) is 1. The fourth-order valence-electron chi connectivity index (χ4n) is 4.37. The highest BCUT2D eigenvalue weighted by Crippen LogP contribution is 2.47.